The Bertz CT molecular complexity index is 397. The summed E-state index contributed by atoms with van der Waals surface area (Å²) in [6.45, 7) is 4.35. The zero-order chi connectivity index (χ0) is 12.4. The van der Waals surface area contributed by atoms with E-state index in [-0.39, 0.29) is 18.1 Å². The molecule has 0 radical (unpaired) electrons. The fraction of sp³-hybridized carbons (Fsp3) is 0.615. The van der Waals surface area contributed by atoms with Gasteiger partial charge in [0.05, 0.1) is 6.10 Å². The molecule has 1 aliphatic rings. The lowest BCUT2D eigenvalue weighted by molar-refractivity contribution is 0.0649. The zero-order valence-electron chi connectivity index (χ0n) is 10.3. The van der Waals surface area contributed by atoms with Crippen LogP contribution in [-0.2, 0) is 0 Å². The van der Waals surface area contributed by atoms with Crippen molar-refractivity contribution in [2.45, 2.75) is 45.3 Å². The van der Waals surface area contributed by atoms with Crippen LogP contribution >= 0.6 is 0 Å². The average molecular weight is 237 g/mol. The van der Waals surface area contributed by atoms with Gasteiger partial charge in [-0.15, -0.1) is 0 Å². The molecule has 1 aliphatic heterocycles. The molecule has 94 valence electrons. The van der Waals surface area contributed by atoms with Gasteiger partial charge >= 0.3 is 0 Å². The molecule has 4 nitrogen and oxygen atoms in total. The molecule has 1 N–H and O–H groups in total. The first-order valence-corrected chi connectivity index (χ1v) is 6.13. The molecule has 2 heterocycles. The van der Waals surface area contributed by atoms with Crippen molar-refractivity contribution in [3.8, 4) is 0 Å². The van der Waals surface area contributed by atoms with Crippen molar-refractivity contribution in [1.82, 2.24) is 4.90 Å². The fourth-order valence-corrected chi connectivity index (χ4v) is 2.43. The van der Waals surface area contributed by atoms with Crippen molar-refractivity contribution in [3.05, 3.63) is 23.7 Å². The highest BCUT2D eigenvalue weighted by Crippen LogP contribution is 2.24. The lowest BCUT2D eigenvalue weighted by atomic mass is 10.1. The molecule has 1 amide bonds. The van der Waals surface area contributed by atoms with Crippen LogP contribution in [0.3, 0.4) is 0 Å². The number of nitrogens with zero attached hydrogens (tertiary/aromatic N) is 1. The van der Waals surface area contributed by atoms with E-state index in [0.29, 0.717) is 12.2 Å². The largest absolute Gasteiger partial charge is 0.456 e. The van der Waals surface area contributed by atoms with Gasteiger partial charge in [-0.05, 0) is 45.2 Å². The van der Waals surface area contributed by atoms with Gasteiger partial charge in [-0.1, -0.05) is 0 Å². The van der Waals surface area contributed by atoms with Gasteiger partial charge < -0.3 is 14.4 Å². The van der Waals surface area contributed by atoms with Crippen molar-refractivity contribution in [2.75, 3.05) is 6.54 Å². The van der Waals surface area contributed by atoms with Crippen molar-refractivity contribution in [3.63, 3.8) is 0 Å². The van der Waals surface area contributed by atoms with Gasteiger partial charge in [0.1, 0.15) is 5.76 Å². The second kappa shape index (κ2) is 4.92. The topological polar surface area (TPSA) is 53.7 Å². The van der Waals surface area contributed by atoms with Crippen LogP contribution in [0.25, 0.3) is 0 Å². The molecule has 1 aromatic rings. The Hall–Kier alpha value is -1.29. The average Bonchev–Trinajstić information content (AvgIpc) is 2.85. The highest BCUT2D eigenvalue weighted by atomic mass is 16.3. The number of hydrogen-bond acceptors (Lipinski definition) is 3. The van der Waals surface area contributed by atoms with Crippen LogP contribution in [-0.4, -0.2) is 34.6 Å². The van der Waals surface area contributed by atoms with E-state index in [2.05, 4.69) is 0 Å². The van der Waals surface area contributed by atoms with Gasteiger partial charge in [0.15, 0.2) is 5.76 Å². The van der Waals surface area contributed by atoms with Gasteiger partial charge in [0.25, 0.3) is 5.91 Å². The number of rotatable bonds is 3. The monoisotopic (exact) mass is 237 g/mol. The van der Waals surface area contributed by atoms with Crippen molar-refractivity contribution < 1.29 is 14.3 Å². The number of carbonyl (C=O) groups is 1. The summed E-state index contributed by atoms with van der Waals surface area (Å²) in [5.41, 5.74) is 0. The van der Waals surface area contributed by atoms with Crippen LogP contribution in [0.5, 0.6) is 0 Å². The van der Waals surface area contributed by atoms with Crippen LogP contribution < -0.4 is 0 Å². The van der Waals surface area contributed by atoms with E-state index in [1.807, 2.05) is 11.8 Å². The standard InChI is InChI=1S/C13H19NO3/c1-9(15)8-11-4-3-7-14(11)13(16)12-6-5-10(2)17-12/h5-6,9,11,15H,3-4,7-8H2,1-2H3. The van der Waals surface area contributed by atoms with E-state index < -0.39 is 0 Å². The third-order valence-corrected chi connectivity index (χ3v) is 3.20. The molecule has 2 atom stereocenters. The number of aliphatic hydroxyl groups is 1. The first-order chi connectivity index (χ1) is 8.08. The maximum absolute atomic E-state index is 12.2. The molecule has 0 saturated carbocycles. The second-order valence-corrected chi connectivity index (χ2v) is 4.79. The molecular weight excluding hydrogens is 218 g/mol. The SMILES string of the molecule is Cc1ccc(C(=O)N2CCCC2CC(C)O)o1. The molecule has 17 heavy (non-hydrogen) atoms. The smallest absolute Gasteiger partial charge is 0.289 e. The predicted molar refractivity (Wildman–Crippen MR) is 63.8 cm³/mol. The highest BCUT2D eigenvalue weighted by Gasteiger charge is 2.31. The summed E-state index contributed by atoms with van der Waals surface area (Å²) in [7, 11) is 0. The fourth-order valence-electron chi connectivity index (χ4n) is 2.43. The summed E-state index contributed by atoms with van der Waals surface area (Å²) in [6.07, 6.45) is 2.25. The van der Waals surface area contributed by atoms with Gasteiger partial charge in [0.2, 0.25) is 0 Å². The Morgan fingerprint density at radius 2 is 2.41 bits per heavy atom. The van der Waals surface area contributed by atoms with E-state index in [1.165, 1.54) is 0 Å². The summed E-state index contributed by atoms with van der Waals surface area (Å²) in [4.78, 5) is 14.0. The molecule has 0 aromatic carbocycles. The Morgan fingerprint density at radius 3 is 3.00 bits per heavy atom. The highest BCUT2D eigenvalue weighted by molar-refractivity contribution is 5.92. The zero-order valence-corrected chi connectivity index (χ0v) is 10.3. The minimum absolute atomic E-state index is 0.0544. The van der Waals surface area contributed by atoms with Gasteiger partial charge in [0, 0.05) is 12.6 Å². The normalized spacial score (nSPS) is 21.8. The maximum atomic E-state index is 12.2. The van der Waals surface area contributed by atoms with Crippen LogP contribution in [0, 0.1) is 6.92 Å². The minimum Gasteiger partial charge on any atom is -0.456 e. The van der Waals surface area contributed by atoms with Crippen LogP contribution in [0.15, 0.2) is 16.5 Å². The summed E-state index contributed by atoms with van der Waals surface area (Å²) in [6, 6.07) is 3.66. The van der Waals surface area contributed by atoms with E-state index in [0.717, 1.165) is 25.1 Å². The molecule has 1 fully saturated rings. The summed E-state index contributed by atoms with van der Waals surface area (Å²) in [5.74, 6) is 1.10. The number of aryl methyl sites for hydroxylation is 1. The number of furan rings is 1. The lowest BCUT2D eigenvalue weighted by Crippen LogP contribution is -2.37. The Balaban J connectivity index is 2.08. The van der Waals surface area contributed by atoms with E-state index in [1.54, 1.807) is 19.1 Å². The first kappa shape index (κ1) is 12.2. The molecule has 1 aromatic heterocycles. The number of carbonyl (C=O) groups excluding carboxylic acids is 1. The van der Waals surface area contributed by atoms with Crippen LogP contribution in [0.4, 0.5) is 0 Å². The van der Waals surface area contributed by atoms with Gasteiger partial charge in [-0.25, -0.2) is 0 Å². The molecule has 0 aliphatic carbocycles. The molecule has 2 rings (SSSR count). The van der Waals surface area contributed by atoms with Crippen molar-refractivity contribution >= 4 is 5.91 Å². The van der Waals surface area contributed by atoms with Gasteiger partial charge in [-0.2, -0.15) is 0 Å². The maximum Gasteiger partial charge on any atom is 0.289 e. The summed E-state index contributed by atoms with van der Waals surface area (Å²) in [5, 5.41) is 9.43. The van der Waals surface area contributed by atoms with E-state index >= 15 is 0 Å². The summed E-state index contributed by atoms with van der Waals surface area (Å²) >= 11 is 0. The second-order valence-electron chi connectivity index (χ2n) is 4.79. The minimum atomic E-state index is -0.369. The molecular formula is C13H19NO3. The molecule has 4 heteroatoms. The van der Waals surface area contributed by atoms with E-state index in [9.17, 15) is 9.90 Å². The van der Waals surface area contributed by atoms with Crippen molar-refractivity contribution in [2.24, 2.45) is 0 Å². The number of amides is 1. The summed E-state index contributed by atoms with van der Waals surface area (Å²) < 4.78 is 5.36. The third-order valence-electron chi connectivity index (χ3n) is 3.20. The quantitative estimate of drug-likeness (QED) is 0.874. The molecule has 0 bridgehead atoms. The number of aliphatic hydroxyl groups excluding tert-OH is 1. The predicted octanol–water partition coefficient (Wildman–Crippen LogP) is 1.96. The Morgan fingerprint density at radius 1 is 1.65 bits per heavy atom. The van der Waals surface area contributed by atoms with Gasteiger partial charge in [-0.3, -0.25) is 4.79 Å². The lowest BCUT2D eigenvalue weighted by Gasteiger charge is -2.24. The van der Waals surface area contributed by atoms with Crippen molar-refractivity contribution in [1.29, 1.82) is 0 Å². The molecule has 1 saturated heterocycles. The molecule has 0 spiro atoms. The Labute approximate surface area is 101 Å². The number of hydrogen-bond donors (Lipinski definition) is 1. The Kier molecular flexibility index (Phi) is 3.52. The van der Waals surface area contributed by atoms with Crippen LogP contribution in [0.1, 0.15) is 42.5 Å². The number of likely N-dealkylation sites (tertiary alicyclic amines) is 1. The first-order valence-electron chi connectivity index (χ1n) is 6.13. The molecule has 2 unspecified atom stereocenters. The van der Waals surface area contributed by atoms with Crippen LogP contribution in [0.2, 0.25) is 0 Å². The van der Waals surface area contributed by atoms with E-state index in [4.69, 9.17) is 4.42 Å². The third kappa shape index (κ3) is 2.69.